The first-order chi connectivity index (χ1) is 0. The minimum atomic E-state index is 0. The predicted molar refractivity (Wildman–Crippen MR) is 27.0 cm³/mol. The molecule has 4 heteroatoms. The van der Waals surface area contributed by atoms with E-state index in [1.54, 1.807) is 0 Å². The zero-order chi connectivity index (χ0) is 0. The fourth-order valence-electron chi connectivity index (χ4n) is 0. The van der Waals surface area contributed by atoms with Gasteiger partial charge in [-0.05, 0) is 0 Å². The zero-order valence-corrected chi connectivity index (χ0v) is 2.42. The van der Waals surface area contributed by atoms with Crippen LogP contribution in [0.1, 0.15) is 0 Å². The molecule has 0 radical (unpaired) electrons. The van der Waals surface area contributed by atoms with E-state index in [0.29, 0.717) is 0 Å². The quantitative estimate of drug-likeness (QED) is 0.346. The third-order valence-electron chi connectivity index (χ3n) is 0. The van der Waals surface area contributed by atoms with Crippen molar-refractivity contribution in [2.45, 2.75) is 0 Å². The minimum absolute atomic E-state index is 0. The fourth-order valence-corrected chi connectivity index (χ4v) is 0. The Bertz CT molecular complexity index is 8.00. The number of rotatable bonds is 0. The normalized spacial score (nSPS) is 0. The summed E-state index contributed by atoms with van der Waals surface area (Å²) in [6, 6.07) is 0. The van der Waals surface area contributed by atoms with E-state index in [0.717, 1.165) is 0 Å². The Morgan fingerprint density at radius 3 is 1.00 bits per heavy atom. The van der Waals surface area contributed by atoms with Crippen molar-refractivity contribution in [3.8, 4) is 0 Å². The summed E-state index contributed by atoms with van der Waals surface area (Å²) in [6.45, 7) is 0. The van der Waals surface area contributed by atoms with E-state index < -0.39 is 0 Å². The van der Waals surface area contributed by atoms with Gasteiger partial charge in [-0.15, -0.1) is 0 Å². The van der Waals surface area contributed by atoms with Crippen LogP contribution in [0.2, 0.25) is 0 Å². The van der Waals surface area contributed by atoms with Gasteiger partial charge in [-0.1, -0.05) is 0 Å². The molecule has 0 aromatic rings. The molecule has 0 aliphatic carbocycles. The molecule has 20 valence electrons. The van der Waals surface area contributed by atoms with Crippen LogP contribution in [0, 0.1) is 0 Å². The average molecular weight is 178 g/mol. The second kappa shape index (κ2) is 17.1. The molecule has 0 spiro atoms. The van der Waals surface area contributed by atoms with Crippen LogP contribution in [0.25, 0.3) is 0 Å². The van der Waals surface area contributed by atoms with Gasteiger partial charge in [-0.25, -0.2) is 0 Å². The molecule has 0 nitrogen and oxygen atoms in total. The Labute approximate surface area is 88.5 Å². The second-order valence-electron chi connectivity index (χ2n) is 0. The number of hydrogen-bond donors (Lipinski definition) is 0. The molecule has 0 saturated heterocycles. The Kier molecular flexibility index (Phi) is 125. The summed E-state index contributed by atoms with van der Waals surface area (Å²) in [6.07, 6.45) is 0. The van der Waals surface area contributed by atoms with Crippen LogP contribution < -0.4 is 0 Å². The first kappa shape index (κ1) is 29.3. The molecule has 4 heavy (non-hydrogen) atoms. The molecule has 0 atom stereocenters. The van der Waals surface area contributed by atoms with Crippen LogP contribution in [0.3, 0.4) is 0 Å². The van der Waals surface area contributed by atoms with Gasteiger partial charge in [0.1, 0.15) is 0 Å². The summed E-state index contributed by atoms with van der Waals surface area (Å²) in [5.41, 5.74) is 0. The van der Waals surface area contributed by atoms with Crippen LogP contribution in [0.4, 0.5) is 0 Å². The Morgan fingerprint density at radius 2 is 1.00 bits per heavy atom. The summed E-state index contributed by atoms with van der Waals surface area (Å²) in [7, 11) is 0. The van der Waals surface area contributed by atoms with Crippen LogP contribution in [0.15, 0.2) is 0 Å². The van der Waals surface area contributed by atoms with Crippen LogP contribution in [0.5, 0.6) is 0 Å². The Morgan fingerprint density at radius 1 is 1.00 bits per heavy atom. The van der Waals surface area contributed by atoms with E-state index in [9.17, 15) is 0 Å². The van der Waals surface area contributed by atoms with Gasteiger partial charge in [-0.3, -0.25) is 0 Å². The molecule has 0 fully saturated rings. The summed E-state index contributed by atoms with van der Waals surface area (Å²) in [4.78, 5) is 0. The maximum atomic E-state index is 0. The zero-order valence-electron chi connectivity index (χ0n) is 0.408. The van der Waals surface area contributed by atoms with Crippen LogP contribution >= 0.6 is 0 Å². The molecule has 0 amide bonds. The van der Waals surface area contributed by atoms with E-state index in [1.807, 2.05) is 0 Å². The predicted octanol–water partition coefficient (Wildman–Crippen LogP) is -3.02. The standard InChI is InChI=1S/BH3.Ca.Mg.Mo.4H/h1H3;;;;;;;. The topological polar surface area (TPSA) is 0 Å². The van der Waals surface area contributed by atoms with Crippen molar-refractivity contribution in [3.63, 3.8) is 0 Å². The molecule has 0 rings (SSSR count). The van der Waals surface area contributed by atoms with Crippen molar-refractivity contribution < 1.29 is 21.1 Å². The molecule has 0 heterocycles. The van der Waals surface area contributed by atoms with Crippen molar-refractivity contribution in [2.75, 3.05) is 0 Å². The smallest absolute Gasteiger partial charge is 0 e. The molecule has 0 saturated carbocycles. The fraction of sp³-hybridized carbons (Fsp3) is 0. The van der Waals surface area contributed by atoms with Gasteiger partial charge in [-0.2, -0.15) is 0 Å². The van der Waals surface area contributed by atoms with Gasteiger partial charge in [0.25, 0.3) is 0 Å². The third-order valence-corrected chi connectivity index (χ3v) is 0. The Hall–Kier alpha value is 2.78. The summed E-state index contributed by atoms with van der Waals surface area (Å²) in [5, 5.41) is 0. The van der Waals surface area contributed by atoms with Crippen molar-refractivity contribution in [2.24, 2.45) is 0 Å². The Balaban J connectivity index is 0. The van der Waals surface area contributed by atoms with Gasteiger partial charge >= 0.3 is 60.8 Å². The van der Waals surface area contributed by atoms with Crippen LogP contribution in [-0.2, 0) is 21.1 Å². The summed E-state index contributed by atoms with van der Waals surface area (Å²) >= 11 is 0. The number of hydrogen-bond acceptors (Lipinski definition) is 0. The first-order valence-corrected chi connectivity index (χ1v) is 0. The van der Waals surface area contributed by atoms with Gasteiger partial charge < -0.3 is 0 Å². The second-order valence-corrected chi connectivity index (χ2v) is 0. The van der Waals surface area contributed by atoms with Gasteiger partial charge in [0, 0.05) is 21.1 Å². The molecular formula is H7BCaMgMo. The molecular weight excluding hydrogens is 171 g/mol. The first-order valence-electron chi connectivity index (χ1n) is 0. The van der Waals surface area contributed by atoms with Gasteiger partial charge in [0.15, 0.2) is 0 Å². The van der Waals surface area contributed by atoms with Crippen molar-refractivity contribution in [1.29, 1.82) is 0 Å². The van der Waals surface area contributed by atoms with E-state index in [2.05, 4.69) is 0 Å². The van der Waals surface area contributed by atoms with E-state index in [1.165, 1.54) is 0 Å². The average Bonchev–Trinajstić information content (AvgIpc) is 0. The molecule has 0 aliphatic heterocycles. The minimum Gasteiger partial charge on any atom is 0 e. The molecule has 0 aromatic carbocycles. The maximum Gasteiger partial charge on any atom is 0.316 e. The largest absolute Gasteiger partial charge is 0.316 e. The van der Waals surface area contributed by atoms with Crippen LogP contribution in [-0.4, -0.2) is 69.2 Å². The van der Waals surface area contributed by atoms with E-state index in [-0.39, 0.29) is 90.3 Å². The van der Waals surface area contributed by atoms with Gasteiger partial charge in [0.05, 0.1) is 8.41 Å². The monoisotopic (exact) mass is 180 g/mol. The maximum absolute atomic E-state index is 0. The van der Waals surface area contributed by atoms with Gasteiger partial charge in [0.2, 0.25) is 0 Å². The van der Waals surface area contributed by atoms with Crippen molar-refractivity contribution in [1.82, 2.24) is 0 Å². The molecule has 0 N–H and O–H groups in total. The SMILES string of the molecule is B.[CaH2].[MgH2].[Mo]. The van der Waals surface area contributed by atoms with Crippen molar-refractivity contribution >= 4 is 69.2 Å². The van der Waals surface area contributed by atoms with E-state index in [4.69, 9.17) is 0 Å². The molecule has 0 bridgehead atoms. The molecule has 0 unspecified atom stereocenters. The van der Waals surface area contributed by atoms with E-state index >= 15 is 0 Å². The summed E-state index contributed by atoms with van der Waals surface area (Å²) < 4.78 is 0. The summed E-state index contributed by atoms with van der Waals surface area (Å²) in [5.74, 6) is 0. The third kappa shape index (κ3) is 8.84. The van der Waals surface area contributed by atoms with Crippen molar-refractivity contribution in [3.05, 3.63) is 0 Å². The molecule has 0 aliphatic rings. The molecule has 0 aromatic heterocycles.